The summed E-state index contributed by atoms with van der Waals surface area (Å²) in [7, 11) is 0. The van der Waals surface area contributed by atoms with Crippen molar-refractivity contribution in [3.05, 3.63) is 11.1 Å². The van der Waals surface area contributed by atoms with Crippen LogP contribution < -0.4 is 0 Å². The molecule has 1 aliphatic carbocycles. The second-order valence-corrected chi connectivity index (χ2v) is 3.21. The zero-order valence-corrected chi connectivity index (χ0v) is 7.49. The molecule has 0 radical (unpaired) electrons. The maximum Gasteiger partial charge on any atom is 0.334 e. The first-order valence-corrected chi connectivity index (χ1v) is 4.10. The number of aliphatic hydroxyl groups excluding tert-OH is 3. The van der Waals surface area contributed by atoms with Crippen molar-refractivity contribution in [3.63, 3.8) is 0 Å². The Morgan fingerprint density at radius 2 is 1.60 bits per heavy atom. The van der Waals surface area contributed by atoms with Gasteiger partial charge in [0.2, 0.25) is 0 Å². The number of aliphatic carboxylic acids is 2. The molecule has 0 aromatic heterocycles. The molecule has 3 unspecified atom stereocenters. The van der Waals surface area contributed by atoms with Gasteiger partial charge in [0, 0.05) is 6.42 Å². The average Bonchev–Trinajstić information content (AvgIpc) is 2.12. The summed E-state index contributed by atoms with van der Waals surface area (Å²) in [5.41, 5.74) is -1.37. The molecule has 3 atom stereocenters. The number of rotatable bonds is 2. The average molecular weight is 219 g/mol. The molecule has 0 heterocycles. The third-order valence-corrected chi connectivity index (χ3v) is 2.24. The highest BCUT2D eigenvalue weighted by Gasteiger charge is 2.40. The van der Waals surface area contributed by atoms with E-state index in [1.807, 2.05) is 0 Å². The van der Waals surface area contributed by atoms with E-state index in [0.717, 1.165) is 0 Å². The molecular weight excluding hydrogens is 209 g/mol. The van der Waals surface area contributed by atoms with Gasteiger partial charge in [0.25, 0.3) is 0 Å². The second kappa shape index (κ2) is 3.97. The number of carboxylic acids is 2. The Hall–Kier alpha value is -1.44. The van der Waals surface area contributed by atoms with Gasteiger partial charge < -0.3 is 25.5 Å². The first-order chi connectivity index (χ1) is 6.86. The van der Waals surface area contributed by atoms with Gasteiger partial charge in [0.1, 0.15) is 12.2 Å². The molecule has 84 valence electrons. The molecule has 1 aliphatic rings. The predicted octanol–water partition coefficient (Wildman–Crippen LogP) is -2.06. The lowest BCUT2D eigenvalue weighted by Gasteiger charge is -2.29. The van der Waals surface area contributed by atoms with E-state index < -0.39 is 47.8 Å². The first kappa shape index (κ1) is 11.6. The molecule has 15 heavy (non-hydrogen) atoms. The summed E-state index contributed by atoms with van der Waals surface area (Å²) in [5, 5.41) is 44.9. The Labute approximate surface area is 83.9 Å². The summed E-state index contributed by atoms with van der Waals surface area (Å²) in [5.74, 6) is -3.15. The lowest BCUT2D eigenvalue weighted by atomic mass is 9.88. The van der Waals surface area contributed by atoms with Crippen LogP contribution in [0.15, 0.2) is 11.1 Å². The standard InChI is InChI=1S/C8H10O7/c9-3-1-2(7(12)13)4(8(14)15)6(11)5(3)10/h3,5-6,9-11H,1H2,(H,12,13)(H,14,15)/i8+1. The summed E-state index contributed by atoms with van der Waals surface area (Å²) in [6, 6.07) is 0. The Morgan fingerprint density at radius 3 is 2.00 bits per heavy atom. The van der Waals surface area contributed by atoms with Crippen LogP contribution in [-0.2, 0) is 9.59 Å². The number of hydrogen-bond donors (Lipinski definition) is 5. The lowest BCUT2D eigenvalue weighted by Crippen LogP contribution is -2.45. The van der Waals surface area contributed by atoms with E-state index in [4.69, 9.17) is 15.3 Å². The molecule has 0 spiro atoms. The van der Waals surface area contributed by atoms with Crippen molar-refractivity contribution >= 4 is 11.9 Å². The quantitative estimate of drug-likeness (QED) is 0.337. The van der Waals surface area contributed by atoms with E-state index in [2.05, 4.69) is 0 Å². The Kier molecular flexibility index (Phi) is 3.08. The summed E-state index contributed by atoms with van der Waals surface area (Å²) in [6.45, 7) is 0. The van der Waals surface area contributed by atoms with Crippen LogP contribution in [0.1, 0.15) is 6.42 Å². The molecule has 0 aromatic rings. The zero-order valence-electron chi connectivity index (χ0n) is 7.49. The third kappa shape index (κ3) is 1.99. The lowest BCUT2D eigenvalue weighted by molar-refractivity contribution is -0.140. The van der Waals surface area contributed by atoms with Crippen LogP contribution in [0.3, 0.4) is 0 Å². The van der Waals surface area contributed by atoms with Crippen LogP contribution in [-0.4, -0.2) is 55.8 Å². The fraction of sp³-hybridized carbons (Fsp3) is 0.500. The topological polar surface area (TPSA) is 135 Å². The molecule has 0 aromatic carbocycles. The first-order valence-electron chi connectivity index (χ1n) is 4.10. The number of carbonyl (C=O) groups is 2. The minimum Gasteiger partial charge on any atom is -0.478 e. The molecule has 0 fully saturated rings. The predicted molar refractivity (Wildman–Crippen MR) is 44.9 cm³/mol. The molecule has 0 bridgehead atoms. The fourth-order valence-electron chi connectivity index (χ4n) is 1.46. The van der Waals surface area contributed by atoms with E-state index in [1.54, 1.807) is 0 Å². The van der Waals surface area contributed by atoms with E-state index >= 15 is 0 Å². The van der Waals surface area contributed by atoms with Crippen LogP contribution in [0.4, 0.5) is 0 Å². The minimum atomic E-state index is -1.89. The van der Waals surface area contributed by atoms with Crippen LogP contribution >= 0.6 is 0 Å². The molecule has 7 nitrogen and oxygen atoms in total. The third-order valence-electron chi connectivity index (χ3n) is 2.24. The molecule has 0 saturated carbocycles. The van der Waals surface area contributed by atoms with Gasteiger partial charge >= 0.3 is 11.9 Å². The maximum atomic E-state index is 10.7. The summed E-state index contributed by atoms with van der Waals surface area (Å²) < 4.78 is 0. The van der Waals surface area contributed by atoms with E-state index in [9.17, 15) is 19.8 Å². The summed E-state index contributed by atoms with van der Waals surface area (Å²) >= 11 is 0. The van der Waals surface area contributed by atoms with Gasteiger partial charge in [-0.2, -0.15) is 0 Å². The summed E-state index contributed by atoms with van der Waals surface area (Å²) in [4.78, 5) is 21.3. The van der Waals surface area contributed by atoms with E-state index in [0.29, 0.717) is 0 Å². The highest BCUT2D eigenvalue weighted by atomic mass is 16.5. The highest BCUT2D eigenvalue weighted by molar-refractivity contribution is 6.00. The molecule has 0 saturated heterocycles. The van der Waals surface area contributed by atoms with Gasteiger partial charge in [0.15, 0.2) is 0 Å². The fourth-order valence-corrected chi connectivity index (χ4v) is 1.46. The zero-order chi connectivity index (χ0) is 11.7. The molecule has 5 N–H and O–H groups in total. The number of hydrogen-bond acceptors (Lipinski definition) is 5. The highest BCUT2D eigenvalue weighted by Crippen LogP contribution is 2.26. The van der Waals surface area contributed by atoms with Crippen molar-refractivity contribution < 1.29 is 35.1 Å². The van der Waals surface area contributed by atoms with Gasteiger partial charge in [0.05, 0.1) is 17.3 Å². The molecular formula is C8H10O7. The van der Waals surface area contributed by atoms with Crippen molar-refractivity contribution in [2.45, 2.75) is 24.7 Å². The maximum absolute atomic E-state index is 10.7. The van der Waals surface area contributed by atoms with Gasteiger partial charge in [-0.05, 0) is 0 Å². The van der Waals surface area contributed by atoms with Crippen LogP contribution in [0.25, 0.3) is 0 Å². The molecule has 0 amide bonds. The van der Waals surface area contributed by atoms with Gasteiger partial charge in [-0.15, -0.1) is 0 Å². The van der Waals surface area contributed by atoms with Gasteiger partial charge in [-0.25, -0.2) is 9.59 Å². The summed E-state index contributed by atoms with van der Waals surface area (Å²) in [6.07, 6.45) is -5.56. The molecule has 7 heteroatoms. The number of aliphatic hydroxyl groups is 3. The van der Waals surface area contributed by atoms with Crippen molar-refractivity contribution in [3.8, 4) is 0 Å². The smallest absolute Gasteiger partial charge is 0.334 e. The van der Waals surface area contributed by atoms with E-state index in [1.165, 1.54) is 0 Å². The van der Waals surface area contributed by atoms with Crippen molar-refractivity contribution in [1.29, 1.82) is 0 Å². The van der Waals surface area contributed by atoms with Crippen molar-refractivity contribution in [2.75, 3.05) is 0 Å². The van der Waals surface area contributed by atoms with Crippen molar-refractivity contribution in [2.24, 2.45) is 0 Å². The SMILES string of the molecule is O=C(O)C1=C([13C](=O)O)C(O)C(O)C(O)C1. The van der Waals surface area contributed by atoms with Crippen LogP contribution in [0, 0.1) is 0 Å². The Balaban J connectivity index is 3.23. The second-order valence-electron chi connectivity index (χ2n) is 3.21. The minimum absolute atomic E-state index is 0.505. The largest absolute Gasteiger partial charge is 0.478 e. The van der Waals surface area contributed by atoms with Gasteiger partial charge in [-0.3, -0.25) is 0 Å². The number of carboxylic acid groups (broad SMARTS) is 2. The molecule has 1 rings (SSSR count). The molecule has 0 aliphatic heterocycles. The Morgan fingerprint density at radius 1 is 1.07 bits per heavy atom. The Bertz CT molecular complexity index is 332. The van der Waals surface area contributed by atoms with Crippen LogP contribution in [0.2, 0.25) is 0 Å². The normalized spacial score (nSPS) is 31.5. The van der Waals surface area contributed by atoms with Gasteiger partial charge in [-0.1, -0.05) is 0 Å². The van der Waals surface area contributed by atoms with Crippen LogP contribution in [0.5, 0.6) is 0 Å². The van der Waals surface area contributed by atoms with Crippen molar-refractivity contribution in [1.82, 2.24) is 0 Å². The van der Waals surface area contributed by atoms with E-state index in [-0.39, 0.29) is 0 Å². The monoisotopic (exact) mass is 219 g/mol.